The summed E-state index contributed by atoms with van der Waals surface area (Å²) in [6, 6.07) is -0.761. The molecule has 1 atom stereocenters. The smallest absolute Gasteiger partial charge is 0.315 e. The van der Waals surface area contributed by atoms with Gasteiger partial charge in [0.05, 0.1) is 13.2 Å². The summed E-state index contributed by atoms with van der Waals surface area (Å²) in [7, 11) is 0. The van der Waals surface area contributed by atoms with Crippen LogP contribution < -0.4 is 10.6 Å². The van der Waals surface area contributed by atoms with Crippen LogP contribution in [0.5, 0.6) is 0 Å². The Morgan fingerprint density at radius 3 is 3.00 bits per heavy atom. The average molecular weight is 185 g/mol. The molecule has 0 aliphatic carbocycles. The second-order valence-electron chi connectivity index (χ2n) is 3.03. The first-order chi connectivity index (χ1) is 6.27. The zero-order valence-electron chi connectivity index (χ0n) is 7.08. The summed E-state index contributed by atoms with van der Waals surface area (Å²) in [5.41, 5.74) is 0. The first kappa shape index (κ1) is 8.31. The summed E-state index contributed by atoms with van der Waals surface area (Å²) in [6.07, 6.45) is 0.861. The van der Waals surface area contributed by atoms with Crippen molar-refractivity contribution >= 4 is 11.9 Å². The van der Waals surface area contributed by atoms with Crippen LogP contribution in [0.4, 0.5) is 4.79 Å². The lowest BCUT2D eigenvalue weighted by Gasteiger charge is -2.17. The van der Waals surface area contributed by atoms with Crippen LogP contribution in [-0.4, -0.2) is 42.7 Å². The van der Waals surface area contributed by atoms with Crippen molar-refractivity contribution in [1.29, 1.82) is 0 Å². The van der Waals surface area contributed by atoms with Gasteiger partial charge in [-0.3, -0.25) is 9.63 Å². The number of carbonyl (C=O) groups excluding carboxylic acids is 2. The van der Waals surface area contributed by atoms with E-state index in [0.29, 0.717) is 19.7 Å². The number of hydroxylamine groups is 2. The van der Waals surface area contributed by atoms with Crippen LogP contribution in [0.15, 0.2) is 0 Å². The summed E-state index contributed by atoms with van der Waals surface area (Å²) < 4.78 is 0. The Balaban J connectivity index is 1.92. The third kappa shape index (κ3) is 1.57. The Labute approximate surface area is 75.2 Å². The molecule has 2 heterocycles. The van der Waals surface area contributed by atoms with Gasteiger partial charge in [0.2, 0.25) is 0 Å². The molecule has 2 aliphatic heterocycles. The van der Waals surface area contributed by atoms with Gasteiger partial charge in [0, 0.05) is 6.54 Å². The highest BCUT2D eigenvalue weighted by atomic mass is 16.7. The molecule has 2 rings (SSSR count). The molecular weight excluding hydrogens is 174 g/mol. The van der Waals surface area contributed by atoms with Gasteiger partial charge in [0.15, 0.2) is 0 Å². The normalized spacial score (nSPS) is 27.2. The molecule has 13 heavy (non-hydrogen) atoms. The molecule has 2 saturated heterocycles. The molecule has 0 aromatic rings. The Hall–Kier alpha value is -1.30. The zero-order chi connectivity index (χ0) is 9.26. The summed E-state index contributed by atoms with van der Waals surface area (Å²) in [5, 5.41) is 6.35. The molecular formula is C7H11N3O3. The molecule has 2 aliphatic rings. The first-order valence-corrected chi connectivity index (χ1v) is 4.26. The molecule has 2 fully saturated rings. The lowest BCUT2D eigenvalue weighted by atomic mass is 10.3. The topological polar surface area (TPSA) is 70.7 Å². The van der Waals surface area contributed by atoms with Gasteiger partial charge in [0.25, 0.3) is 5.91 Å². The van der Waals surface area contributed by atoms with Crippen molar-refractivity contribution in [1.82, 2.24) is 15.7 Å². The molecule has 6 heteroatoms. The highest BCUT2D eigenvalue weighted by Gasteiger charge is 2.32. The van der Waals surface area contributed by atoms with Crippen LogP contribution in [-0.2, 0) is 9.63 Å². The number of nitrogens with one attached hydrogen (secondary N) is 2. The van der Waals surface area contributed by atoms with Crippen LogP contribution >= 0.6 is 0 Å². The van der Waals surface area contributed by atoms with E-state index in [2.05, 4.69) is 10.6 Å². The minimum absolute atomic E-state index is 0.171. The van der Waals surface area contributed by atoms with Crippen LogP contribution in [0.25, 0.3) is 0 Å². The monoisotopic (exact) mass is 185 g/mol. The zero-order valence-corrected chi connectivity index (χ0v) is 7.08. The van der Waals surface area contributed by atoms with E-state index in [9.17, 15) is 9.59 Å². The van der Waals surface area contributed by atoms with E-state index in [1.165, 1.54) is 5.06 Å². The number of hydrogen-bond acceptors (Lipinski definition) is 3. The number of hydrogen-bond donors (Lipinski definition) is 2. The number of nitrogens with zero attached hydrogens (tertiary/aromatic N) is 1. The molecule has 0 radical (unpaired) electrons. The van der Waals surface area contributed by atoms with Gasteiger partial charge in [-0.1, -0.05) is 0 Å². The summed E-state index contributed by atoms with van der Waals surface area (Å²) >= 11 is 0. The van der Waals surface area contributed by atoms with Crippen molar-refractivity contribution in [2.75, 3.05) is 19.7 Å². The lowest BCUT2D eigenvalue weighted by Crippen LogP contribution is -2.43. The third-order valence-corrected chi connectivity index (χ3v) is 2.07. The quantitative estimate of drug-likeness (QED) is 0.541. The maximum absolute atomic E-state index is 11.5. The van der Waals surface area contributed by atoms with Gasteiger partial charge in [-0.2, -0.15) is 0 Å². The molecule has 0 saturated carbocycles. The highest BCUT2D eigenvalue weighted by molar-refractivity contribution is 5.89. The highest BCUT2D eigenvalue weighted by Crippen LogP contribution is 2.07. The maximum atomic E-state index is 11.5. The molecule has 6 nitrogen and oxygen atoms in total. The molecule has 0 aromatic carbocycles. The van der Waals surface area contributed by atoms with E-state index in [0.717, 1.165) is 6.42 Å². The van der Waals surface area contributed by atoms with Crippen LogP contribution in [0.1, 0.15) is 6.42 Å². The molecule has 72 valence electrons. The number of amides is 3. The Bertz CT molecular complexity index is 237. The molecule has 0 bridgehead atoms. The molecule has 2 N–H and O–H groups in total. The summed E-state index contributed by atoms with van der Waals surface area (Å²) in [6.45, 7) is 1.54. The minimum Gasteiger partial charge on any atom is -0.336 e. The fourth-order valence-corrected chi connectivity index (χ4v) is 1.40. The van der Waals surface area contributed by atoms with Gasteiger partial charge in [0.1, 0.15) is 6.04 Å². The Morgan fingerprint density at radius 2 is 2.46 bits per heavy atom. The van der Waals surface area contributed by atoms with Gasteiger partial charge >= 0.3 is 6.03 Å². The molecule has 0 aromatic heterocycles. The van der Waals surface area contributed by atoms with Crippen LogP contribution in [0, 0.1) is 0 Å². The van der Waals surface area contributed by atoms with Gasteiger partial charge in [-0.05, 0) is 6.42 Å². The first-order valence-electron chi connectivity index (χ1n) is 4.26. The predicted octanol–water partition coefficient (Wildman–Crippen LogP) is -1.17. The maximum Gasteiger partial charge on any atom is 0.315 e. The van der Waals surface area contributed by atoms with Crippen molar-refractivity contribution in [3.8, 4) is 0 Å². The number of rotatable bonds is 1. The molecule has 3 amide bonds. The predicted molar refractivity (Wildman–Crippen MR) is 42.6 cm³/mol. The second kappa shape index (κ2) is 3.21. The van der Waals surface area contributed by atoms with Gasteiger partial charge in [-0.25, -0.2) is 9.86 Å². The number of carbonyl (C=O) groups is 2. The van der Waals surface area contributed by atoms with Crippen molar-refractivity contribution in [3.05, 3.63) is 0 Å². The van der Waals surface area contributed by atoms with E-state index < -0.39 is 6.04 Å². The Morgan fingerprint density at radius 1 is 1.62 bits per heavy atom. The van der Waals surface area contributed by atoms with Crippen molar-refractivity contribution in [3.63, 3.8) is 0 Å². The second-order valence-corrected chi connectivity index (χ2v) is 3.03. The fourth-order valence-electron chi connectivity index (χ4n) is 1.40. The van der Waals surface area contributed by atoms with E-state index in [-0.39, 0.29) is 11.9 Å². The van der Waals surface area contributed by atoms with Crippen molar-refractivity contribution in [2.45, 2.75) is 12.5 Å². The average Bonchev–Trinajstić information content (AvgIpc) is 2.72. The van der Waals surface area contributed by atoms with Crippen LogP contribution in [0.3, 0.4) is 0 Å². The van der Waals surface area contributed by atoms with E-state index >= 15 is 0 Å². The van der Waals surface area contributed by atoms with E-state index in [4.69, 9.17) is 4.84 Å². The number of urea groups is 1. The molecule has 0 unspecified atom stereocenters. The lowest BCUT2D eigenvalue weighted by molar-refractivity contribution is -0.170. The third-order valence-electron chi connectivity index (χ3n) is 2.07. The van der Waals surface area contributed by atoms with Crippen LogP contribution in [0.2, 0.25) is 0 Å². The van der Waals surface area contributed by atoms with Gasteiger partial charge < -0.3 is 10.6 Å². The minimum atomic E-state index is -0.467. The molecule has 0 spiro atoms. The van der Waals surface area contributed by atoms with E-state index in [1.807, 2.05) is 0 Å². The van der Waals surface area contributed by atoms with E-state index in [1.54, 1.807) is 0 Å². The van der Waals surface area contributed by atoms with Gasteiger partial charge in [-0.15, -0.1) is 0 Å². The fraction of sp³-hybridized carbons (Fsp3) is 0.714. The standard InChI is InChI=1S/C7H11N3O3/c11-6(10-2-1-3-13-10)5-4-8-7(12)9-5/h5H,1-4H2,(H2,8,9,12)/t5-/m0/s1. The largest absolute Gasteiger partial charge is 0.336 e. The Kier molecular flexibility index (Phi) is 2.05. The van der Waals surface area contributed by atoms with Crippen molar-refractivity contribution in [2.24, 2.45) is 0 Å². The summed E-state index contributed by atoms with van der Waals surface area (Å²) in [5.74, 6) is -0.171. The summed E-state index contributed by atoms with van der Waals surface area (Å²) in [4.78, 5) is 27.3. The van der Waals surface area contributed by atoms with Crippen molar-refractivity contribution < 1.29 is 14.4 Å². The SMILES string of the molecule is O=C1NC[C@@H](C(=O)N2CCCO2)N1.